The first-order valence-corrected chi connectivity index (χ1v) is 9.01. The molecule has 0 spiro atoms. The van der Waals surface area contributed by atoms with Crippen LogP contribution in [0.25, 0.3) is 5.82 Å². The van der Waals surface area contributed by atoms with Crippen molar-refractivity contribution in [1.82, 2.24) is 14.5 Å². The molecule has 4 rings (SSSR count). The lowest BCUT2D eigenvalue weighted by Crippen LogP contribution is -2.28. The molecule has 132 valence electrons. The number of pyridine rings is 1. The molecule has 25 heavy (non-hydrogen) atoms. The molecule has 2 fully saturated rings. The lowest BCUT2D eigenvalue weighted by molar-refractivity contribution is 0.0689. The van der Waals surface area contributed by atoms with Gasteiger partial charge in [0.15, 0.2) is 0 Å². The van der Waals surface area contributed by atoms with E-state index in [9.17, 15) is 13.6 Å². The number of nitrogens with one attached hydrogen (secondary N) is 1. The van der Waals surface area contributed by atoms with Gasteiger partial charge in [0.25, 0.3) is 11.5 Å². The van der Waals surface area contributed by atoms with Crippen molar-refractivity contribution in [3.8, 4) is 5.82 Å². The van der Waals surface area contributed by atoms with Crippen LogP contribution in [0.5, 0.6) is 0 Å². The first kappa shape index (κ1) is 16.9. The minimum atomic E-state index is -2.57. The normalized spacial score (nSPS) is 26.4. The number of rotatable bonds is 3. The molecule has 2 aromatic heterocycles. The number of hydrogen-bond acceptors (Lipinski definition) is 4. The number of anilines is 1. The van der Waals surface area contributed by atoms with Crippen LogP contribution in [-0.2, 0) is 0 Å². The summed E-state index contributed by atoms with van der Waals surface area (Å²) in [6.45, 7) is 0. The van der Waals surface area contributed by atoms with Gasteiger partial charge < -0.3 is 5.32 Å². The Balaban J connectivity index is 1.83. The van der Waals surface area contributed by atoms with Crippen LogP contribution in [0.15, 0.2) is 27.6 Å². The fourth-order valence-electron chi connectivity index (χ4n) is 3.70. The van der Waals surface area contributed by atoms with Crippen molar-refractivity contribution >= 4 is 33.3 Å². The summed E-state index contributed by atoms with van der Waals surface area (Å²) < 4.78 is 28.8. The maximum absolute atomic E-state index is 13.6. The molecule has 2 unspecified atom stereocenters. The highest BCUT2D eigenvalue weighted by atomic mass is 79.9. The van der Waals surface area contributed by atoms with Crippen LogP contribution >= 0.6 is 27.5 Å². The molecule has 0 radical (unpaired) electrons. The third-order valence-corrected chi connectivity index (χ3v) is 5.98. The van der Waals surface area contributed by atoms with Crippen molar-refractivity contribution in [2.45, 2.75) is 24.7 Å². The third-order valence-electron chi connectivity index (χ3n) is 5.04. The summed E-state index contributed by atoms with van der Waals surface area (Å²) in [7, 11) is 1.65. The highest BCUT2D eigenvalue weighted by Gasteiger charge is 2.71. The summed E-state index contributed by atoms with van der Waals surface area (Å²) in [5.41, 5.74) is -0.337. The van der Waals surface area contributed by atoms with E-state index in [1.807, 2.05) is 0 Å². The smallest absolute Gasteiger partial charge is 0.275 e. The molecule has 9 heteroatoms. The Labute approximate surface area is 155 Å². The summed E-state index contributed by atoms with van der Waals surface area (Å²) in [6.07, 6.45) is 2.08. The van der Waals surface area contributed by atoms with E-state index in [0.717, 1.165) is 0 Å². The molecule has 0 saturated heterocycles. The predicted octanol–water partition coefficient (Wildman–Crippen LogP) is 3.84. The van der Waals surface area contributed by atoms with Gasteiger partial charge in [-0.2, -0.15) is 0 Å². The Morgan fingerprint density at radius 2 is 2.04 bits per heavy atom. The van der Waals surface area contributed by atoms with E-state index in [2.05, 4.69) is 31.2 Å². The quantitative estimate of drug-likeness (QED) is 0.802. The van der Waals surface area contributed by atoms with Crippen LogP contribution < -0.4 is 10.9 Å². The number of nitrogens with zero attached hydrogens (tertiary/aromatic N) is 3. The third kappa shape index (κ3) is 2.57. The lowest BCUT2D eigenvalue weighted by atomic mass is 10.0. The second-order valence-electron chi connectivity index (χ2n) is 6.41. The second kappa shape index (κ2) is 5.74. The molecule has 0 bridgehead atoms. The number of alkyl halides is 2. The summed E-state index contributed by atoms with van der Waals surface area (Å²) >= 11 is 9.13. The average Bonchev–Trinajstić information content (AvgIpc) is 2.94. The van der Waals surface area contributed by atoms with Crippen molar-refractivity contribution in [2.75, 3.05) is 12.4 Å². The molecule has 2 aliphatic rings. The van der Waals surface area contributed by atoms with Crippen LogP contribution in [0.2, 0.25) is 5.02 Å². The molecule has 5 nitrogen and oxygen atoms in total. The van der Waals surface area contributed by atoms with E-state index in [0.29, 0.717) is 35.3 Å². The Hall–Kier alpha value is -1.54. The van der Waals surface area contributed by atoms with Gasteiger partial charge in [0.05, 0.1) is 5.02 Å². The number of halogens is 4. The number of hydrogen-bond donors (Lipinski definition) is 1. The van der Waals surface area contributed by atoms with Gasteiger partial charge >= 0.3 is 0 Å². The molecule has 2 aromatic rings. The van der Waals surface area contributed by atoms with Gasteiger partial charge in [-0.1, -0.05) is 11.6 Å². The van der Waals surface area contributed by atoms with Crippen molar-refractivity contribution < 1.29 is 8.78 Å². The Morgan fingerprint density at radius 1 is 1.36 bits per heavy atom. The van der Waals surface area contributed by atoms with E-state index in [-0.39, 0.29) is 15.9 Å². The van der Waals surface area contributed by atoms with E-state index >= 15 is 0 Å². The van der Waals surface area contributed by atoms with Crippen molar-refractivity contribution in [2.24, 2.45) is 11.8 Å². The van der Waals surface area contributed by atoms with Gasteiger partial charge in [-0.25, -0.2) is 23.3 Å². The van der Waals surface area contributed by atoms with Crippen LogP contribution in [0.3, 0.4) is 0 Å². The number of aromatic nitrogens is 3. The SMILES string of the molecule is CNc1nc(C2CC3C(C2)C3(F)F)n(-c2ccc(Cl)cn2)c(=O)c1Br. The van der Waals surface area contributed by atoms with Gasteiger partial charge in [-0.3, -0.25) is 4.79 Å². The summed E-state index contributed by atoms with van der Waals surface area (Å²) in [5.74, 6) is -2.78. The molecule has 2 atom stereocenters. The molecular formula is C16H14BrClF2N4O. The molecular weight excluding hydrogens is 418 g/mol. The average molecular weight is 432 g/mol. The standard InChI is InChI=1S/C16H14BrClF2N4O/c1-21-13-12(17)15(25)24(11-3-2-8(18)6-22-11)14(23-13)7-4-9-10(5-7)16(9,19)20/h2-3,6-7,9-10,21H,4-5H2,1H3. The van der Waals surface area contributed by atoms with Gasteiger partial charge in [-0.05, 0) is 40.9 Å². The molecule has 2 aliphatic carbocycles. The predicted molar refractivity (Wildman–Crippen MR) is 93.8 cm³/mol. The zero-order valence-corrected chi connectivity index (χ0v) is 15.5. The Bertz CT molecular complexity index is 888. The van der Waals surface area contributed by atoms with Gasteiger partial charge in [0.2, 0.25) is 0 Å². The number of fused-ring (bicyclic) bond motifs is 1. The van der Waals surface area contributed by atoms with Crippen LogP contribution in [-0.4, -0.2) is 27.5 Å². The van der Waals surface area contributed by atoms with Gasteiger partial charge in [0.1, 0.15) is 21.9 Å². The van der Waals surface area contributed by atoms with Crippen LogP contribution in [0, 0.1) is 11.8 Å². The van der Waals surface area contributed by atoms with Crippen molar-refractivity contribution in [3.63, 3.8) is 0 Å². The van der Waals surface area contributed by atoms with Crippen molar-refractivity contribution in [3.05, 3.63) is 44.0 Å². The molecule has 0 amide bonds. The van der Waals surface area contributed by atoms with E-state index in [1.165, 1.54) is 10.8 Å². The molecule has 0 aliphatic heterocycles. The summed E-state index contributed by atoms with van der Waals surface area (Å²) in [5, 5.41) is 3.31. The maximum atomic E-state index is 13.6. The van der Waals surface area contributed by atoms with Gasteiger partial charge in [-0.15, -0.1) is 0 Å². The highest BCUT2D eigenvalue weighted by molar-refractivity contribution is 9.10. The molecule has 2 heterocycles. The lowest BCUT2D eigenvalue weighted by Gasteiger charge is -2.20. The Kier molecular flexibility index (Phi) is 3.88. The molecule has 0 aromatic carbocycles. The van der Waals surface area contributed by atoms with Crippen LogP contribution in [0.4, 0.5) is 14.6 Å². The molecule has 2 saturated carbocycles. The van der Waals surface area contributed by atoms with E-state index in [1.54, 1.807) is 19.2 Å². The second-order valence-corrected chi connectivity index (χ2v) is 7.64. The monoisotopic (exact) mass is 430 g/mol. The van der Waals surface area contributed by atoms with E-state index < -0.39 is 17.8 Å². The summed E-state index contributed by atoms with van der Waals surface area (Å²) in [6, 6.07) is 3.24. The highest BCUT2D eigenvalue weighted by Crippen LogP contribution is 2.67. The first-order chi connectivity index (χ1) is 11.8. The van der Waals surface area contributed by atoms with Crippen LogP contribution in [0.1, 0.15) is 24.6 Å². The topological polar surface area (TPSA) is 59.8 Å². The largest absolute Gasteiger partial charge is 0.372 e. The fourth-order valence-corrected chi connectivity index (χ4v) is 4.28. The van der Waals surface area contributed by atoms with Crippen molar-refractivity contribution in [1.29, 1.82) is 0 Å². The minimum absolute atomic E-state index is 0.208. The zero-order valence-electron chi connectivity index (χ0n) is 13.1. The van der Waals surface area contributed by atoms with Gasteiger partial charge in [0, 0.05) is 31.0 Å². The molecule has 1 N–H and O–H groups in total. The Morgan fingerprint density at radius 3 is 2.60 bits per heavy atom. The zero-order chi connectivity index (χ0) is 17.9. The minimum Gasteiger partial charge on any atom is -0.372 e. The summed E-state index contributed by atoms with van der Waals surface area (Å²) in [4.78, 5) is 21.6. The fraction of sp³-hybridized carbons (Fsp3) is 0.438. The first-order valence-electron chi connectivity index (χ1n) is 7.84. The maximum Gasteiger partial charge on any atom is 0.275 e. The van der Waals surface area contributed by atoms with E-state index in [4.69, 9.17) is 11.6 Å².